The Morgan fingerprint density at radius 2 is 2.20 bits per heavy atom. The number of hydrogen-bond acceptors (Lipinski definition) is 3. The van der Waals surface area contributed by atoms with Gasteiger partial charge < -0.3 is 8.74 Å². The van der Waals surface area contributed by atoms with Gasteiger partial charge in [-0.3, -0.25) is 0 Å². The number of rotatable bonds is 2. The van der Waals surface area contributed by atoms with Crippen molar-refractivity contribution in [2.75, 3.05) is 13.2 Å². The van der Waals surface area contributed by atoms with Crippen molar-refractivity contribution >= 4 is 16.8 Å². The molecule has 0 spiro atoms. The van der Waals surface area contributed by atoms with E-state index in [-0.39, 0.29) is 0 Å². The third kappa shape index (κ3) is 3.08. The average Bonchev–Trinajstić information content (AvgIpc) is 2.12. The Hall–Kier alpha value is 0.527. The van der Waals surface area contributed by atoms with Gasteiger partial charge in [0.05, 0.1) is 6.61 Å². The van der Waals surface area contributed by atoms with E-state index in [0.29, 0.717) is 0 Å². The Morgan fingerprint density at radius 1 is 1.50 bits per heavy atom. The van der Waals surface area contributed by atoms with Crippen LogP contribution in [0.2, 0.25) is 19.6 Å². The first-order valence-corrected chi connectivity index (χ1v) is 8.02. The zero-order valence-corrected chi connectivity index (χ0v) is 8.57. The van der Waals surface area contributed by atoms with E-state index in [4.69, 9.17) is 8.74 Å². The van der Waals surface area contributed by atoms with Crippen LogP contribution in [0.15, 0.2) is 0 Å². The molecule has 1 aliphatic heterocycles. The first-order valence-electron chi connectivity index (χ1n) is 3.44. The van der Waals surface area contributed by atoms with Crippen molar-refractivity contribution in [3.63, 3.8) is 0 Å². The van der Waals surface area contributed by atoms with E-state index in [1.807, 2.05) is 0 Å². The number of hydrogen-bond donors (Lipinski definition) is 1. The van der Waals surface area contributed by atoms with Crippen LogP contribution in [0.3, 0.4) is 0 Å². The quantitative estimate of drug-likeness (QED) is 0.517. The van der Waals surface area contributed by atoms with E-state index in [2.05, 4.69) is 24.7 Å². The van der Waals surface area contributed by atoms with Gasteiger partial charge in [-0.2, -0.15) is 0 Å². The van der Waals surface area contributed by atoms with Gasteiger partial charge in [0.1, 0.15) is 0 Å². The fraction of sp³-hybridized carbons (Fsp3) is 1.00. The molecule has 1 fully saturated rings. The third-order valence-electron chi connectivity index (χ3n) is 0.908. The Morgan fingerprint density at radius 3 is 2.60 bits per heavy atom. The fourth-order valence-electron chi connectivity index (χ4n) is 0.618. The molecular weight excluding hydrogens is 165 g/mol. The summed E-state index contributed by atoms with van der Waals surface area (Å²) in [5, 5.41) is 3.17. The molecule has 1 N–H and O–H groups in total. The maximum absolute atomic E-state index is 5.67. The highest BCUT2D eigenvalue weighted by Gasteiger charge is 2.24. The van der Waals surface area contributed by atoms with E-state index in [1.165, 1.54) is 0 Å². The van der Waals surface area contributed by atoms with Crippen LogP contribution in [0.25, 0.3) is 0 Å². The molecular formula is C5H14NO2PSi. The SMILES string of the molecule is C[Si](C)(C)OP1NCCO1. The molecule has 0 bridgehead atoms. The Balaban J connectivity index is 2.24. The fourth-order valence-corrected chi connectivity index (χ4v) is 3.70. The van der Waals surface area contributed by atoms with Crippen LogP contribution in [0.1, 0.15) is 0 Å². The predicted molar refractivity (Wildman–Crippen MR) is 45.3 cm³/mol. The molecule has 1 atom stereocenters. The van der Waals surface area contributed by atoms with E-state index < -0.39 is 16.8 Å². The monoisotopic (exact) mass is 179 g/mol. The summed E-state index contributed by atoms with van der Waals surface area (Å²) in [5.41, 5.74) is 0. The van der Waals surface area contributed by atoms with Crippen LogP contribution >= 0.6 is 8.53 Å². The summed E-state index contributed by atoms with van der Waals surface area (Å²) in [5.74, 6) is 0. The molecule has 0 aromatic heterocycles. The molecule has 5 heteroatoms. The third-order valence-corrected chi connectivity index (χ3v) is 4.66. The lowest BCUT2D eigenvalue weighted by molar-refractivity contribution is 0.358. The van der Waals surface area contributed by atoms with Crippen molar-refractivity contribution in [3.8, 4) is 0 Å². The lowest BCUT2D eigenvalue weighted by atomic mass is 10.8. The van der Waals surface area contributed by atoms with Crippen LogP contribution in [-0.2, 0) is 8.74 Å². The Labute approximate surface area is 64.2 Å². The predicted octanol–water partition coefficient (Wildman–Crippen LogP) is 1.68. The molecule has 60 valence electrons. The van der Waals surface area contributed by atoms with Crippen molar-refractivity contribution in [3.05, 3.63) is 0 Å². The minimum Gasteiger partial charge on any atom is -0.364 e. The zero-order valence-electron chi connectivity index (χ0n) is 6.68. The summed E-state index contributed by atoms with van der Waals surface area (Å²) in [4.78, 5) is 0. The van der Waals surface area contributed by atoms with Gasteiger partial charge >= 0.3 is 0 Å². The lowest BCUT2D eigenvalue weighted by Crippen LogP contribution is -2.24. The van der Waals surface area contributed by atoms with Crippen molar-refractivity contribution < 1.29 is 8.74 Å². The topological polar surface area (TPSA) is 30.5 Å². The number of nitrogens with one attached hydrogen (secondary N) is 1. The van der Waals surface area contributed by atoms with Gasteiger partial charge in [-0.25, -0.2) is 5.09 Å². The van der Waals surface area contributed by atoms with E-state index in [1.54, 1.807) is 0 Å². The van der Waals surface area contributed by atoms with Crippen LogP contribution < -0.4 is 5.09 Å². The molecule has 0 aliphatic carbocycles. The Bertz CT molecular complexity index is 111. The van der Waals surface area contributed by atoms with Gasteiger partial charge in [-0.05, 0) is 19.6 Å². The molecule has 3 nitrogen and oxygen atoms in total. The second-order valence-electron chi connectivity index (χ2n) is 3.20. The average molecular weight is 179 g/mol. The zero-order chi connectivity index (χ0) is 7.61. The molecule has 0 amide bonds. The van der Waals surface area contributed by atoms with Crippen molar-refractivity contribution in [1.82, 2.24) is 5.09 Å². The summed E-state index contributed by atoms with van der Waals surface area (Å²) in [6.45, 7) is 8.24. The highest BCUT2D eigenvalue weighted by Crippen LogP contribution is 2.39. The summed E-state index contributed by atoms with van der Waals surface area (Å²) in [7, 11) is -2.10. The summed E-state index contributed by atoms with van der Waals surface area (Å²) in [6, 6.07) is 0. The second-order valence-corrected chi connectivity index (χ2v) is 9.25. The van der Waals surface area contributed by atoms with Crippen LogP contribution in [-0.4, -0.2) is 21.5 Å². The summed E-state index contributed by atoms with van der Waals surface area (Å²) < 4.78 is 11.0. The second kappa shape index (κ2) is 3.28. The van der Waals surface area contributed by atoms with E-state index in [0.717, 1.165) is 13.2 Å². The van der Waals surface area contributed by atoms with Gasteiger partial charge in [0.2, 0.25) is 8.53 Å². The van der Waals surface area contributed by atoms with Gasteiger partial charge in [-0.15, -0.1) is 0 Å². The van der Waals surface area contributed by atoms with Gasteiger partial charge in [-0.1, -0.05) is 0 Å². The van der Waals surface area contributed by atoms with E-state index in [9.17, 15) is 0 Å². The smallest absolute Gasteiger partial charge is 0.245 e. The molecule has 0 radical (unpaired) electrons. The van der Waals surface area contributed by atoms with Crippen molar-refractivity contribution in [2.45, 2.75) is 19.6 Å². The molecule has 1 unspecified atom stereocenters. The van der Waals surface area contributed by atoms with Gasteiger partial charge in [0.15, 0.2) is 8.32 Å². The molecule has 1 saturated heterocycles. The molecule has 1 heterocycles. The first kappa shape index (κ1) is 8.62. The van der Waals surface area contributed by atoms with Crippen molar-refractivity contribution in [1.29, 1.82) is 0 Å². The van der Waals surface area contributed by atoms with Crippen molar-refractivity contribution in [2.24, 2.45) is 0 Å². The molecule has 10 heavy (non-hydrogen) atoms. The normalized spacial score (nSPS) is 27.3. The minimum absolute atomic E-state index is 0.721. The minimum atomic E-state index is -1.38. The summed E-state index contributed by atoms with van der Waals surface area (Å²) in [6.07, 6.45) is 0. The maximum Gasteiger partial charge on any atom is 0.245 e. The largest absolute Gasteiger partial charge is 0.364 e. The van der Waals surface area contributed by atoms with Crippen LogP contribution in [0.5, 0.6) is 0 Å². The van der Waals surface area contributed by atoms with E-state index >= 15 is 0 Å². The molecule has 1 rings (SSSR count). The van der Waals surface area contributed by atoms with Crippen LogP contribution in [0, 0.1) is 0 Å². The van der Waals surface area contributed by atoms with Gasteiger partial charge in [0, 0.05) is 6.54 Å². The summed E-state index contributed by atoms with van der Waals surface area (Å²) >= 11 is 0. The lowest BCUT2D eigenvalue weighted by Gasteiger charge is -2.20. The maximum atomic E-state index is 5.67. The standard InChI is InChI=1S/C5H14NO2PSi/c1-10(2,3)8-9-6-4-5-7-9/h6H,4-5H2,1-3H3. The van der Waals surface area contributed by atoms with Crippen LogP contribution in [0.4, 0.5) is 0 Å². The highest BCUT2D eigenvalue weighted by molar-refractivity contribution is 7.47. The van der Waals surface area contributed by atoms with Gasteiger partial charge in [0.25, 0.3) is 0 Å². The highest BCUT2D eigenvalue weighted by atomic mass is 31.2. The molecule has 0 aromatic rings. The molecule has 0 aromatic carbocycles. The Kier molecular flexibility index (Phi) is 2.83. The molecule has 0 saturated carbocycles. The first-order chi connectivity index (χ1) is 4.58. The molecule has 1 aliphatic rings.